The Morgan fingerprint density at radius 1 is 0.500 bits per heavy atom. The average Bonchev–Trinajstić information content (AvgIpc) is 2.55. The molecule has 20 heavy (non-hydrogen) atoms. The molecule has 96 valence electrons. The third-order valence-electron chi connectivity index (χ3n) is 3.17. The third-order valence-corrected chi connectivity index (χ3v) is 3.17. The second-order valence-electron chi connectivity index (χ2n) is 4.60. The van der Waals surface area contributed by atoms with Crippen LogP contribution in [-0.4, -0.2) is 5.71 Å². The first-order chi connectivity index (χ1) is 9.93. The predicted octanol–water partition coefficient (Wildman–Crippen LogP) is 2.94. The maximum absolute atomic E-state index is 3.53. The van der Waals surface area contributed by atoms with Crippen molar-refractivity contribution in [2.45, 2.75) is 0 Å². The molecule has 0 aliphatic carbocycles. The van der Waals surface area contributed by atoms with Gasteiger partial charge in [0.1, 0.15) is 0 Å². The van der Waals surface area contributed by atoms with Crippen LogP contribution in [0.2, 0.25) is 0 Å². The Kier molecular flexibility index (Phi) is 3.70. The van der Waals surface area contributed by atoms with Crippen LogP contribution in [0.4, 0.5) is 5.69 Å². The SMILES string of the molecule is c1ccc([NH+]=C(c2ccccc2)c2ccccc2)cc1. The molecule has 0 saturated carbocycles. The van der Waals surface area contributed by atoms with Crippen molar-refractivity contribution in [3.63, 3.8) is 0 Å². The lowest BCUT2D eigenvalue weighted by atomic mass is 10.0. The fraction of sp³-hybridized carbons (Fsp3) is 0. The molecule has 0 atom stereocenters. The standard InChI is InChI=1S/C19H15N/c1-4-10-16(11-5-1)19(17-12-6-2-7-13-17)20-18-14-8-3-9-15-18/h1-15H/p+1. The van der Waals surface area contributed by atoms with Gasteiger partial charge in [-0.25, -0.2) is 4.99 Å². The van der Waals surface area contributed by atoms with E-state index < -0.39 is 0 Å². The highest BCUT2D eigenvalue weighted by Gasteiger charge is 2.12. The molecule has 1 N–H and O–H groups in total. The Morgan fingerprint density at radius 2 is 0.900 bits per heavy atom. The Morgan fingerprint density at radius 3 is 1.35 bits per heavy atom. The predicted molar refractivity (Wildman–Crippen MR) is 83.2 cm³/mol. The number of benzene rings is 3. The molecule has 0 saturated heterocycles. The first-order valence-electron chi connectivity index (χ1n) is 6.73. The minimum Gasteiger partial charge on any atom is -0.204 e. The van der Waals surface area contributed by atoms with Crippen LogP contribution in [0.25, 0.3) is 0 Å². The van der Waals surface area contributed by atoms with E-state index >= 15 is 0 Å². The summed E-state index contributed by atoms with van der Waals surface area (Å²) in [6, 6.07) is 31.1. The van der Waals surface area contributed by atoms with E-state index in [1.54, 1.807) is 0 Å². The van der Waals surface area contributed by atoms with Crippen molar-refractivity contribution < 1.29 is 4.99 Å². The molecular weight excluding hydrogens is 242 g/mol. The van der Waals surface area contributed by atoms with Crippen molar-refractivity contribution in [2.75, 3.05) is 0 Å². The maximum atomic E-state index is 3.53. The number of nitrogens with one attached hydrogen (secondary N) is 1. The Hall–Kier alpha value is -2.67. The molecule has 0 aromatic heterocycles. The van der Waals surface area contributed by atoms with Crippen LogP contribution in [0.15, 0.2) is 91.0 Å². The first-order valence-corrected chi connectivity index (χ1v) is 6.73. The van der Waals surface area contributed by atoms with Crippen LogP contribution in [0, 0.1) is 0 Å². The summed E-state index contributed by atoms with van der Waals surface area (Å²) in [4.78, 5) is 3.53. The molecule has 0 bridgehead atoms. The second-order valence-corrected chi connectivity index (χ2v) is 4.60. The molecule has 0 aliphatic rings. The molecule has 0 spiro atoms. The fourth-order valence-corrected chi connectivity index (χ4v) is 2.19. The smallest absolute Gasteiger partial charge is 0.204 e. The Labute approximate surface area is 119 Å². The van der Waals surface area contributed by atoms with Gasteiger partial charge < -0.3 is 0 Å². The molecule has 0 fully saturated rings. The molecule has 0 heterocycles. The van der Waals surface area contributed by atoms with Gasteiger partial charge in [-0.3, -0.25) is 0 Å². The molecule has 1 heteroatoms. The minimum absolute atomic E-state index is 1.09. The Bertz CT molecular complexity index is 644. The highest BCUT2D eigenvalue weighted by Crippen LogP contribution is 2.07. The van der Waals surface area contributed by atoms with Crippen molar-refractivity contribution in [1.82, 2.24) is 0 Å². The van der Waals surface area contributed by atoms with Gasteiger partial charge in [-0.2, -0.15) is 0 Å². The molecule has 3 aromatic rings. The number of rotatable bonds is 3. The van der Waals surface area contributed by atoms with Crippen LogP contribution >= 0.6 is 0 Å². The van der Waals surface area contributed by atoms with E-state index in [1.807, 2.05) is 30.3 Å². The van der Waals surface area contributed by atoms with Gasteiger partial charge in [0, 0.05) is 23.3 Å². The lowest BCUT2D eigenvalue weighted by Crippen LogP contribution is -2.66. The average molecular weight is 258 g/mol. The van der Waals surface area contributed by atoms with Crippen LogP contribution in [0.1, 0.15) is 11.1 Å². The largest absolute Gasteiger partial charge is 0.218 e. The molecule has 3 aromatic carbocycles. The van der Waals surface area contributed by atoms with Gasteiger partial charge in [-0.1, -0.05) is 54.6 Å². The van der Waals surface area contributed by atoms with Crippen LogP contribution in [0.3, 0.4) is 0 Å². The van der Waals surface area contributed by atoms with Crippen LogP contribution < -0.4 is 4.99 Å². The van der Waals surface area contributed by atoms with Crippen molar-refractivity contribution in [3.8, 4) is 0 Å². The zero-order valence-corrected chi connectivity index (χ0v) is 11.2. The molecule has 0 unspecified atom stereocenters. The normalized spacial score (nSPS) is 10.0. The van der Waals surface area contributed by atoms with Gasteiger partial charge in [-0.15, -0.1) is 0 Å². The van der Waals surface area contributed by atoms with Crippen molar-refractivity contribution in [3.05, 3.63) is 102 Å². The van der Waals surface area contributed by atoms with E-state index in [2.05, 4.69) is 65.7 Å². The highest BCUT2D eigenvalue weighted by molar-refractivity contribution is 6.09. The summed E-state index contributed by atoms with van der Waals surface area (Å²) in [6.07, 6.45) is 0. The first kappa shape index (κ1) is 12.4. The second kappa shape index (κ2) is 5.98. The van der Waals surface area contributed by atoms with E-state index in [4.69, 9.17) is 0 Å². The van der Waals surface area contributed by atoms with Gasteiger partial charge in [0.15, 0.2) is 0 Å². The van der Waals surface area contributed by atoms with E-state index in [0.717, 1.165) is 11.4 Å². The number of para-hydroxylation sites is 1. The highest BCUT2D eigenvalue weighted by atomic mass is 14.7. The summed E-state index contributed by atoms with van der Waals surface area (Å²) in [7, 11) is 0. The summed E-state index contributed by atoms with van der Waals surface area (Å²) >= 11 is 0. The van der Waals surface area contributed by atoms with Gasteiger partial charge in [0.25, 0.3) is 0 Å². The lowest BCUT2D eigenvalue weighted by molar-refractivity contribution is -0.352. The molecule has 0 aliphatic heterocycles. The van der Waals surface area contributed by atoms with Crippen molar-refractivity contribution in [1.29, 1.82) is 0 Å². The van der Waals surface area contributed by atoms with Gasteiger partial charge in [0.2, 0.25) is 11.4 Å². The number of hydrogen-bond acceptors (Lipinski definition) is 0. The molecule has 0 radical (unpaired) electrons. The number of hydrogen-bond donors (Lipinski definition) is 1. The summed E-state index contributed by atoms with van der Waals surface area (Å²) in [6.45, 7) is 0. The van der Waals surface area contributed by atoms with Crippen molar-refractivity contribution >= 4 is 11.4 Å². The third kappa shape index (κ3) is 2.83. The Balaban J connectivity index is 2.12. The minimum atomic E-state index is 1.09. The molecule has 1 nitrogen and oxygen atoms in total. The quantitative estimate of drug-likeness (QED) is 0.694. The van der Waals surface area contributed by atoms with Gasteiger partial charge in [-0.05, 0) is 24.3 Å². The molecule has 0 amide bonds. The van der Waals surface area contributed by atoms with Gasteiger partial charge in [0.05, 0.1) is 0 Å². The van der Waals surface area contributed by atoms with Crippen LogP contribution in [0.5, 0.6) is 0 Å². The zero-order valence-electron chi connectivity index (χ0n) is 11.2. The van der Waals surface area contributed by atoms with E-state index in [1.165, 1.54) is 11.1 Å². The summed E-state index contributed by atoms with van der Waals surface area (Å²) in [5.41, 5.74) is 4.58. The summed E-state index contributed by atoms with van der Waals surface area (Å²) in [5, 5.41) is 0. The summed E-state index contributed by atoms with van der Waals surface area (Å²) in [5.74, 6) is 0. The molecule has 3 rings (SSSR count). The topological polar surface area (TPSA) is 14.0 Å². The zero-order chi connectivity index (χ0) is 13.6. The monoisotopic (exact) mass is 258 g/mol. The lowest BCUT2D eigenvalue weighted by Gasteiger charge is -2.01. The molecular formula is C19H16N+. The van der Waals surface area contributed by atoms with E-state index in [-0.39, 0.29) is 0 Å². The van der Waals surface area contributed by atoms with E-state index in [0.29, 0.717) is 0 Å². The van der Waals surface area contributed by atoms with E-state index in [9.17, 15) is 0 Å². The van der Waals surface area contributed by atoms with Crippen molar-refractivity contribution in [2.24, 2.45) is 0 Å². The van der Waals surface area contributed by atoms with Gasteiger partial charge >= 0.3 is 0 Å². The maximum Gasteiger partial charge on any atom is 0.218 e. The van der Waals surface area contributed by atoms with Crippen LogP contribution in [-0.2, 0) is 0 Å². The summed E-state index contributed by atoms with van der Waals surface area (Å²) < 4.78 is 0. The fourth-order valence-electron chi connectivity index (χ4n) is 2.19.